The van der Waals surface area contributed by atoms with Gasteiger partial charge in [0.2, 0.25) is 17.7 Å². The molecule has 1 heterocycles. The van der Waals surface area contributed by atoms with E-state index >= 15 is 0 Å². The summed E-state index contributed by atoms with van der Waals surface area (Å²) in [5, 5.41) is 5.56. The highest BCUT2D eigenvalue weighted by molar-refractivity contribution is 5.95. The van der Waals surface area contributed by atoms with Crippen molar-refractivity contribution in [3.63, 3.8) is 0 Å². The molecule has 3 amide bonds. The molecule has 124 valence electrons. The molecule has 1 saturated heterocycles. The molecule has 23 heavy (non-hydrogen) atoms. The van der Waals surface area contributed by atoms with Crippen LogP contribution in [0.3, 0.4) is 0 Å². The van der Waals surface area contributed by atoms with Gasteiger partial charge in [-0.05, 0) is 37.1 Å². The molecule has 0 radical (unpaired) electrons. The number of piperidine rings is 1. The Balaban J connectivity index is 1.86. The Morgan fingerprint density at radius 3 is 2.26 bits per heavy atom. The third kappa shape index (κ3) is 5.09. The molecule has 2 rings (SSSR count). The van der Waals surface area contributed by atoms with Gasteiger partial charge in [0.1, 0.15) is 0 Å². The predicted octanol–water partition coefficient (Wildman–Crippen LogP) is 2.23. The lowest BCUT2D eigenvalue weighted by molar-refractivity contribution is -0.136. The van der Waals surface area contributed by atoms with Gasteiger partial charge in [0.25, 0.3) is 0 Å². The van der Waals surface area contributed by atoms with E-state index in [9.17, 15) is 14.4 Å². The molecular weight excluding hydrogens is 294 g/mol. The van der Waals surface area contributed by atoms with Crippen molar-refractivity contribution in [2.45, 2.75) is 33.1 Å². The van der Waals surface area contributed by atoms with Crippen molar-refractivity contribution in [3.05, 3.63) is 24.3 Å². The number of amides is 3. The number of hydrogen-bond donors (Lipinski definition) is 2. The van der Waals surface area contributed by atoms with Crippen LogP contribution >= 0.6 is 0 Å². The van der Waals surface area contributed by atoms with Crippen LogP contribution in [0.4, 0.5) is 11.4 Å². The first-order chi connectivity index (χ1) is 11.0. The Morgan fingerprint density at radius 2 is 1.70 bits per heavy atom. The summed E-state index contributed by atoms with van der Waals surface area (Å²) in [6, 6.07) is 6.93. The minimum absolute atomic E-state index is 0.0399. The molecule has 0 atom stereocenters. The molecule has 1 aromatic carbocycles. The van der Waals surface area contributed by atoms with Gasteiger partial charge in [-0.3, -0.25) is 14.4 Å². The van der Waals surface area contributed by atoms with Crippen molar-refractivity contribution in [1.29, 1.82) is 0 Å². The van der Waals surface area contributed by atoms with Crippen molar-refractivity contribution in [3.8, 4) is 0 Å². The van der Waals surface area contributed by atoms with Gasteiger partial charge in [0.05, 0.1) is 6.54 Å². The first-order valence-electron chi connectivity index (χ1n) is 7.94. The van der Waals surface area contributed by atoms with Crippen molar-refractivity contribution in [1.82, 2.24) is 4.90 Å². The average Bonchev–Trinajstić information content (AvgIpc) is 2.51. The zero-order chi connectivity index (χ0) is 16.8. The van der Waals surface area contributed by atoms with E-state index in [0.717, 1.165) is 12.8 Å². The van der Waals surface area contributed by atoms with E-state index < -0.39 is 0 Å². The number of nitrogens with zero attached hydrogens (tertiary/aromatic N) is 1. The second kappa shape index (κ2) is 7.76. The second-order valence-electron chi connectivity index (χ2n) is 6.04. The van der Waals surface area contributed by atoms with E-state index in [4.69, 9.17) is 0 Å². The number of anilines is 2. The summed E-state index contributed by atoms with van der Waals surface area (Å²) in [6.07, 6.45) is 2.38. The van der Waals surface area contributed by atoms with Crippen LogP contribution in [0.5, 0.6) is 0 Å². The summed E-state index contributed by atoms with van der Waals surface area (Å²) in [7, 11) is 0. The molecule has 1 aromatic rings. The fraction of sp³-hybridized carbons (Fsp3) is 0.471. The number of likely N-dealkylation sites (tertiary alicyclic amines) is 1. The van der Waals surface area contributed by atoms with E-state index in [1.165, 1.54) is 0 Å². The quantitative estimate of drug-likeness (QED) is 0.874. The summed E-state index contributed by atoms with van der Waals surface area (Å²) in [6.45, 7) is 4.38. The highest BCUT2D eigenvalue weighted by Crippen LogP contribution is 2.15. The summed E-state index contributed by atoms with van der Waals surface area (Å²) in [4.78, 5) is 36.9. The Bertz CT molecular complexity index is 581. The third-order valence-corrected chi connectivity index (χ3v) is 3.72. The second-order valence-corrected chi connectivity index (χ2v) is 6.04. The van der Waals surface area contributed by atoms with Crippen molar-refractivity contribution in [2.75, 3.05) is 23.7 Å². The van der Waals surface area contributed by atoms with E-state index in [0.29, 0.717) is 24.3 Å². The number of carbonyl (C=O) groups excluding carboxylic acids is 3. The molecule has 0 spiro atoms. The lowest BCUT2D eigenvalue weighted by atomic mass is 10.1. The number of rotatable bonds is 5. The zero-order valence-corrected chi connectivity index (χ0v) is 13.6. The van der Waals surface area contributed by atoms with E-state index in [2.05, 4.69) is 10.6 Å². The van der Waals surface area contributed by atoms with Crippen LogP contribution in [0.15, 0.2) is 24.3 Å². The maximum Gasteiger partial charge on any atom is 0.243 e. The molecular formula is C17H23N3O3. The summed E-state index contributed by atoms with van der Waals surface area (Å²) < 4.78 is 0. The number of carbonyl (C=O) groups is 3. The standard InChI is InChI=1S/C17H23N3O3/c1-12(2)17(23)19-14-8-6-13(7-9-14)18-15(21)11-20-10-4-3-5-16(20)22/h6-9,12H,3-5,10-11H2,1-2H3,(H,18,21)(H,19,23). The zero-order valence-electron chi connectivity index (χ0n) is 13.6. The molecule has 0 bridgehead atoms. The van der Waals surface area contributed by atoms with Crippen LogP contribution in [0.2, 0.25) is 0 Å². The topological polar surface area (TPSA) is 78.5 Å². The Morgan fingerprint density at radius 1 is 1.09 bits per heavy atom. The van der Waals surface area contributed by atoms with Gasteiger partial charge < -0.3 is 15.5 Å². The third-order valence-electron chi connectivity index (χ3n) is 3.72. The SMILES string of the molecule is CC(C)C(=O)Nc1ccc(NC(=O)CN2CCCCC2=O)cc1. The van der Waals surface area contributed by atoms with Gasteiger partial charge in [-0.2, -0.15) is 0 Å². The largest absolute Gasteiger partial charge is 0.333 e. The number of nitrogens with one attached hydrogen (secondary N) is 2. The Hall–Kier alpha value is -2.37. The highest BCUT2D eigenvalue weighted by atomic mass is 16.2. The predicted molar refractivity (Wildman–Crippen MR) is 89.0 cm³/mol. The molecule has 0 aliphatic carbocycles. The highest BCUT2D eigenvalue weighted by Gasteiger charge is 2.20. The van der Waals surface area contributed by atoms with E-state index in [1.807, 2.05) is 13.8 Å². The molecule has 1 aliphatic heterocycles. The first-order valence-corrected chi connectivity index (χ1v) is 7.94. The van der Waals surface area contributed by atoms with Gasteiger partial charge in [-0.15, -0.1) is 0 Å². The normalized spacial score (nSPS) is 14.7. The van der Waals surface area contributed by atoms with Crippen molar-refractivity contribution >= 4 is 29.1 Å². The van der Waals surface area contributed by atoms with Crippen LogP contribution < -0.4 is 10.6 Å². The van der Waals surface area contributed by atoms with Crippen molar-refractivity contribution < 1.29 is 14.4 Å². The first kappa shape index (κ1) is 17.0. The van der Waals surface area contributed by atoms with Gasteiger partial charge in [0.15, 0.2) is 0 Å². The average molecular weight is 317 g/mol. The molecule has 6 heteroatoms. The lowest BCUT2D eigenvalue weighted by Crippen LogP contribution is -2.40. The number of hydrogen-bond acceptors (Lipinski definition) is 3. The molecule has 0 unspecified atom stereocenters. The fourth-order valence-electron chi connectivity index (χ4n) is 2.33. The maximum absolute atomic E-state index is 12.0. The number of benzene rings is 1. The van der Waals surface area contributed by atoms with Gasteiger partial charge in [0, 0.05) is 30.3 Å². The van der Waals surface area contributed by atoms with Gasteiger partial charge in [-0.25, -0.2) is 0 Å². The molecule has 1 fully saturated rings. The van der Waals surface area contributed by atoms with Gasteiger partial charge >= 0.3 is 0 Å². The Labute approximate surface area is 136 Å². The summed E-state index contributed by atoms with van der Waals surface area (Å²) in [5.74, 6) is -0.306. The summed E-state index contributed by atoms with van der Waals surface area (Å²) >= 11 is 0. The molecule has 0 aromatic heterocycles. The molecule has 0 saturated carbocycles. The smallest absolute Gasteiger partial charge is 0.243 e. The van der Waals surface area contributed by atoms with Crippen LogP contribution in [0, 0.1) is 5.92 Å². The van der Waals surface area contributed by atoms with E-state index in [-0.39, 0.29) is 30.2 Å². The van der Waals surface area contributed by atoms with Crippen LogP contribution in [0.25, 0.3) is 0 Å². The van der Waals surface area contributed by atoms with Crippen LogP contribution in [0.1, 0.15) is 33.1 Å². The summed E-state index contributed by atoms with van der Waals surface area (Å²) in [5.41, 5.74) is 1.33. The lowest BCUT2D eigenvalue weighted by Gasteiger charge is -2.25. The Kier molecular flexibility index (Phi) is 5.73. The van der Waals surface area contributed by atoms with Crippen molar-refractivity contribution in [2.24, 2.45) is 5.92 Å². The monoisotopic (exact) mass is 317 g/mol. The molecule has 1 aliphatic rings. The minimum Gasteiger partial charge on any atom is -0.333 e. The molecule has 2 N–H and O–H groups in total. The maximum atomic E-state index is 12.0. The molecule has 6 nitrogen and oxygen atoms in total. The fourth-order valence-corrected chi connectivity index (χ4v) is 2.33. The van der Waals surface area contributed by atoms with Gasteiger partial charge in [-0.1, -0.05) is 13.8 Å². The van der Waals surface area contributed by atoms with Crippen LogP contribution in [-0.2, 0) is 14.4 Å². The minimum atomic E-state index is -0.209. The van der Waals surface area contributed by atoms with E-state index in [1.54, 1.807) is 29.2 Å². The van der Waals surface area contributed by atoms with Crippen LogP contribution in [-0.4, -0.2) is 35.7 Å².